The lowest BCUT2D eigenvalue weighted by Crippen LogP contribution is -2.63. The number of likely N-dealkylation sites (tertiary alicyclic amines) is 1. The molecule has 3 heterocycles. The molecule has 0 aliphatic carbocycles. The lowest BCUT2D eigenvalue weighted by Gasteiger charge is -2.41. The molecule has 2 amide bonds. The quantitative estimate of drug-likeness (QED) is 0.362. The van der Waals surface area contributed by atoms with E-state index in [0.29, 0.717) is 36.8 Å². The highest BCUT2D eigenvalue weighted by Crippen LogP contribution is 2.30. The molecule has 11 heteroatoms. The Morgan fingerprint density at radius 3 is 2.63 bits per heavy atom. The number of piperidine rings is 1. The van der Waals surface area contributed by atoms with Crippen molar-refractivity contribution in [1.29, 1.82) is 5.26 Å². The van der Waals surface area contributed by atoms with Gasteiger partial charge in [-0.2, -0.15) is 5.26 Å². The van der Waals surface area contributed by atoms with E-state index in [0.717, 1.165) is 43.6 Å². The van der Waals surface area contributed by atoms with E-state index in [1.54, 1.807) is 23.1 Å². The molecular weight excluding hydrogens is 582 g/mol. The van der Waals surface area contributed by atoms with Gasteiger partial charge in [0.2, 0.25) is 11.8 Å². The zero-order valence-electron chi connectivity index (χ0n) is 27.1. The van der Waals surface area contributed by atoms with Crippen molar-refractivity contribution < 1.29 is 19.1 Å². The van der Waals surface area contributed by atoms with Gasteiger partial charge < -0.3 is 35.2 Å². The van der Waals surface area contributed by atoms with E-state index in [2.05, 4.69) is 16.3 Å². The average Bonchev–Trinajstić information content (AvgIpc) is 3.50. The third-order valence-corrected chi connectivity index (χ3v) is 9.21. The molecule has 2 saturated heterocycles. The number of aliphatic imine (C=N–C) groups is 1. The molecule has 11 nitrogen and oxygen atoms in total. The molecule has 246 valence electrons. The Morgan fingerprint density at radius 1 is 1.11 bits per heavy atom. The maximum absolute atomic E-state index is 13.8. The van der Waals surface area contributed by atoms with E-state index in [4.69, 9.17) is 20.2 Å². The van der Waals surface area contributed by atoms with Crippen LogP contribution in [0.4, 0.5) is 0 Å². The summed E-state index contributed by atoms with van der Waals surface area (Å²) in [7, 11) is 1.51. The van der Waals surface area contributed by atoms with Crippen molar-refractivity contribution in [2.45, 2.75) is 76.2 Å². The number of unbranched alkanes of at least 4 members (excludes halogenated alkanes) is 1. The van der Waals surface area contributed by atoms with Gasteiger partial charge in [0.05, 0.1) is 31.3 Å². The number of piperazine rings is 1. The van der Waals surface area contributed by atoms with Gasteiger partial charge >= 0.3 is 0 Å². The Labute approximate surface area is 272 Å². The van der Waals surface area contributed by atoms with Gasteiger partial charge in [0.1, 0.15) is 24.0 Å². The molecule has 3 N–H and O–H groups in total. The van der Waals surface area contributed by atoms with E-state index in [9.17, 15) is 14.9 Å². The number of nitrogens with zero attached hydrogens (tertiary/aromatic N) is 5. The van der Waals surface area contributed by atoms with Crippen LogP contribution in [0.2, 0.25) is 0 Å². The number of nitrogens with two attached hydrogens (primary N) is 1. The van der Waals surface area contributed by atoms with E-state index < -0.39 is 12.1 Å². The van der Waals surface area contributed by atoms with Crippen LogP contribution in [0.15, 0.2) is 53.5 Å². The highest BCUT2D eigenvalue weighted by atomic mass is 16.5. The fraction of sp³-hybridized carbons (Fsp3) is 0.543. The number of carbonyl (C=O) groups excluding carboxylic acids is 2. The number of benzene rings is 2. The lowest BCUT2D eigenvalue weighted by molar-refractivity contribution is -0.144. The van der Waals surface area contributed by atoms with Gasteiger partial charge in [-0.05, 0) is 75.5 Å². The second kappa shape index (κ2) is 15.9. The molecule has 3 aliphatic rings. The molecule has 0 spiro atoms. The first-order valence-electron chi connectivity index (χ1n) is 16.6. The summed E-state index contributed by atoms with van der Waals surface area (Å²) < 4.78 is 11.7. The van der Waals surface area contributed by atoms with Crippen molar-refractivity contribution in [2.24, 2.45) is 10.7 Å². The summed E-state index contributed by atoms with van der Waals surface area (Å²) in [6.45, 7) is 6.63. The number of amides is 2. The van der Waals surface area contributed by atoms with Gasteiger partial charge in [-0.1, -0.05) is 49.2 Å². The molecule has 1 unspecified atom stereocenters. The van der Waals surface area contributed by atoms with Crippen molar-refractivity contribution >= 4 is 17.8 Å². The monoisotopic (exact) mass is 629 g/mol. The first kappa shape index (κ1) is 33.2. The van der Waals surface area contributed by atoms with Crippen molar-refractivity contribution in [3.8, 4) is 11.8 Å². The number of nitriles is 1. The maximum atomic E-state index is 13.8. The van der Waals surface area contributed by atoms with Crippen LogP contribution in [0.25, 0.3) is 0 Å². The van der Waals surface area contributed by atoms with Crippen LogP contribution in [0, 0.1) is 11.3 Å². The third kappa shape index (κ3) is 8.17. The van der Waals surface area contributed by atoms with Crippen LogP contribution in [0.3, 0.4) is 0 Å². The van der Waals surface area contributed by atoms with Gasteiger partial charge in [0.25, 0.3) is 6.02 Å². The Kier molecular flexibility index (Phi) is 11.5. The normalized spacial score (nSPS) is 22.4. The largest absolute Gasteiger partial charge is 0.495 e. The summed E-state index contributed by atoms with van der Waals surface area (Å²) in [5, 5.41) is 12.3. The van der Waals surface area contributed by atoms with Crippen LogP contribution >= 0.6 is 0 Å². The Morgan fingerprint density at radius 2 is 1.89 bits per heavy atom. The van der Waals surface area contributed by atoms with E-state index >= 15 is 0 Å². The van der Waals surface area contributed by atoms with Crippen LogP contribution in [0.1, 0.15) is 68.2 Å². The fourth-order valence-electron chi connectivity index (χ4n) is 6.54. The van der Waals surface area contributed by atoms with Gasteiger partial charge in [-0.15, -0.1) is 0 Å². The fourth-order valence-corrected chi connectivity index (χ4v) is 6.54. The third-order valence-electron chi connectivity index (χ3n) is 9.21. The van der Waals surface area contributed by atoms with Crippen LogP contribution in [-0.2, 0) is 20.9 Å². The average molecular weight is 630 g/mol. The van der Waals surface area contributed by atoms with Gasteiger partial charge in [0, 0.05) is 19.6 Å². The topological polar surface area (TPSA) is 137 Å². The zero-order valence-corrected chi connectivity index (χ0v) is 27.1. The summed E-state index contributed by atoms with van der Waals surface area (Å²) in [4.78, 5) is 38.4. The van der Waals surface area contributed by atoms with Crippen molar-refractivity contribution in [3.63, 3.8) is 0 Å². The number of rotatable bonds is 11. The van der Waals surface area contributed by atoms with Crippen molar-refractivity contribution in [1.82, 2.24) is 20.0 Å². The van der Waals surface area contributed by atoms with E-state index in [-0.39, 0.29) is 37.0 Å². The first-order valence-corrected chi connectivity index (χ1v) is 16.6. The Hall–Kier alpha value is -4.14. The molecule has 2 fully saturated rings. The summed E-state index contributed by atoms with van der Waals surface area (Å²) in [6, 6.07) is 16.2. The SMILES string of the molecule is COc1cc(CNC(=O)[C@@H]2CN(C3=N[C@@H](C)[C@H](c4ccccc4)O3)CCN2C(=O)C(N)CCCCN2CCCCC2)ccc1C#N. The molecule has 5 rings (SSSR count). The molecule has 0 bridgehead atoms. The lowest BCUT2D eigenvalue weighted by atomic mass is 10.0. The number of amidine groups is 1. The Bertz CT molecular complexity index is 1410. The zero-order chi connectivity index (χ0) is 32.5. The number of hydrogen-bond donors (Lipinski definition) is 2. The number of ether oxygens (including phenoxy) is 2. The molecule has 3 aliphatic heterocycles. The Balaban J connectivity index is 1.24. The molecule has 0 saturated carbocycles. The predicted octanol–water partition coefficient (Wildman–Crippen LogP) is 3.20. The molecule has 0 radical (unpaired) electrons. The first-order chi connectivity index (χ1) is 22.4. The molecule has 2 aromatic carbocycles. The summed E-state index contributed by atoms with van der Waals surface area (Å²) in [6.07, 6.45) is 6.07. The summed E-state index contributed by atoms with van der Waals surface area (Å²) in [5.74, 6) is -0.0489. The van der Waals surface area contributed by atoms with Crippen LogP contribution in [-0.4, -0.2) is 97.0 Å². The number of hydrogen-bond acceptors (Lipinski definition) is 9. The summed E-state index contributed by atoms with van der Waals surface area (Å²) >= 11 is 0. The van der Waals surface area contributed by atoms with Gasteiger partial charge in [0.15, 0.2) is 0 Å². The van der Waals surface area contributed by atoms with Crippen LogP contribution in [0.5, 0.6) is 5.75 Å². The molecule has 2 aromatic rings. The van der Waals surface area contributed by atoms with E-state index in [1.165, 1.54) is 26.4 Å². The molecule has 46 heavy (non-hydrogen) atoms. The highest BCUT2D eigenvalue weighted by molar-refractivity contribution is 5.91. The van der Waals surface area contributed by atoms with Crippen LogP contribution < -0.4 is 15.8 Å². The van der Waals surface area contributed by atoms with E-state index in [1.807, 2.05) is 42.2 Å². The summed E-state index contributed by atoms with van der Waals surface area (Å²) in [5.41, 5.74) is 8.72. The second-order valence-electron chi connectivity index (χ2n) is 12.5. The minimum Gasteiger partial charge on any atom is -0.495 e. The molecule has 4 atom stereocenters. The minimum atomic E-state index is -0.779. The van der Waals surface area contributed by atoms with Gasteiger partial charge in [-0.3, -0.25) is 9.59 Å². The number of nitrogens with one attached hydrogen (secondary N) is 1. The van der Waals surface area contributed by atoms with Crippen molar-refractivity contribution in [3.05, 3.63) is 65.2 Å². The standard InChI is InChI=1S/C35H47N7O4/c1-25-32(27-11-5-3-6-12-27)46-35(39-25)41-19-20-42(34(44)29(37)13-7-10-18-40-16-8-4-9-17-40)30(24-41)33(43)38-23-26-14-15-28(22-36)31(21-26)45-2/h3,5-6,11-12,14-15,21,25,29-30,32H,4,7-10,13,16-20,23-24,37H2,1-2H3,(H,38,43)/t25-,29?,30-,32+/m0/s1. The smallest absolute Gasteiger partial charge is 0.288 e. The predicted molar refractivity (Wildman–Crippen MR) is 176 cm³/mol. The second-order valence-corrected chi connectivity index (χ2v) is 12.5. The highest BCUT2D eigenvalue weighted by Gasteiger charge is 2.41. The van der Waals surface area contributed by atoms with Crippen molar-refractivity contribution in [2.75, 3.05) is 46.4 Å². The number of carbonyl (C=O) groups is 2. The number of methoxy groups -OCH3 is 1. The molecular formula is C35H47N7O4. The van der Waals surface area contributed by atoms with Gasteiger partial charge in [-0.25, -0.2) is 4.99 Å². The molecule has 0 aromatic heterocycles. The maximum Gasteiger partial charge on any atom is 0.288 e. The minimum absolute atomic E-state index is 0.0888.